The van der Waals surface area contributed by atoms with Gasteiger partial charge in [-0.25, -0.2) is 0 Å². The molecule has 0 aromatic heterocycles. The summed E-state index contributed by atoms with van der Waals surface area (Å²) in [6, 6.07) is 8.85. The van der Waals surface area contributed by atoms with Gasteiger partial charge in [0, 0.05) is 12.5 Å². The minimum atomic E-state index is 0.314. The zero-order valence-electron chi connectivity index (χ0n) is 10.2. The van der Waals surface area contributed by atoms with Crippen LogP contribution in [0.4, 0.5) is 0 Å². The van der Waals surface area contributed by atoms with E-state index in [4.69, 9.17) is 4.74 Å². The van der Waals surface area contributed by atoms with E-state index >= 15 is 0 Å². The molecule has 2 unspecified atom stereocenters. The lowest BCUT2D eigenvalue weighted by molar-refractivity contribution is 0.175. The number of hydrogen-bond acceptors (Lipinski definition) is 2. The van der Waals surface area contributed by atoms with Gasteiger partial charge in [-0.1, -0.05) is 38.0 Å². The van der Waals surface area contributed by atoms with Gasteiger partial charge in [-0.2, -0.15) is 0 Å². The highest BCUT2D eigenvalue weighted by Gasteiger charge is 2.28. The monoisotopic (exact) mass is 219 g/mol. The lowest BCUT2D eigenvalue weighted by Crippen LogP contribution is -2.40. The Morgan fingerprint density at radius 1 is 1.44 bits per heavy atom. The van der Waals surface area contributed by atoms with Crippen molar-refractivity contribution in [2.24, 2.45) is 0 Å². The van der Waals surface area contributed by atoms with E-state index in [1.807, 2.05) is 13.1 Å². The maximum Gasteiger partial charge on any atom is 0.123 e. The van der Waals surface area contributed by atoms with E-state index in [0.717, 1.165) is 12.2 Å². The topological polar surface area (TPSA) is 21.3 Å². The van der Waals surface area contributed by atoms with Crippen LogP contribution in [0.2, 0.25) is 0 Å². The maximum absolute atomic E-state index is 5.99. The maximum atomic E-state index is 5.99. The van der Waals surface area contributed by atoms with Crippen LogP contribution in [0.25, 0.3) is 0 Å². The number of likely N-dealkylation sites (N-methyl/N-ethyl adjacent to an activating group) is 1. The molecule has 2 heteroatoms. The average molecular weight is 219 g/mol. The van der Waals surface area contributed by atoms with Gasteiger partial charge in [0.25, 0.3) is 0 Å². The standard InChI is InChI=1S/C14H21NO/c1-3-4-8-12(15-2)14-10-11-7-5-6-9-13(11)16-14/h5-7,9,12,14-15H,3-4,8,10H2,1-2H3. The largest absolute Gasteiger partial charge is 0.488 e. The fourth-order valence-corrected chi connectivity index (χ4v) is 2.37. The van der Waals surface area contributed by atoms with Crippen molar-refractivity contribution in [2.75, 3.05) is 7.05 Å². The molecule has 0 amide bonds. The fraction of sp³-hybridized carbons (Fsp3) is 0.571. The van der Waals surface area contributed by atoms with E-state index in [1.54, 1.807) is 0 Å². The Kier molecular flexibility index (Phi) is 3.83. The summed E-state index contributed by atoms with van der Waals surface area (Å²) in [5.41, 5.74) is 1.35. The SMILES string of the molecule is CCCCC(NC)C1Cc2ccccc2O1. The van der Waals surface area contributed by atoms with E-state index in [-0.39, 0.29) is 0 Å². The van der Waals surface area contributed by atoms with Crippen molar-refractivity contribution in [3.05, 3.63) is 29.8 Å². The van der Waals surface area contributed by atoms with Crippen molar-refractivity contribution in [1.82, 2.24) is 5.32 Å². The molecule has 0 radical (unpaired) electrons. The molecule has 1 aromatic rings. The molecule has 1 N–H and O–H groups in total. The predicted molar refractivity (Wildman–Crippen MR) is 66.9 cm³/mol. The highest BCUT2D eigenvalue weighted by atomic mass is 16.5. The second-order valence-electron chi connectivity index (χ2n) is 4.51. The molecule has 2 atom stereocenters. The van der Waals surface area contributed by atoms with E-state index < -0.39 is 0 Å². The molecule has 0 bridgehead atoms. The Bertz CT molecular complexity index is 312. The van der Waals surface area contributed by atoms with Crippen LogP contribution in [-0.4, -0.2) is 19.2 Å². The number of benzene rings is 1. The number of unbranched alkanes of at least 4 members (excludes halogenated alkanes) is 1. The summed E-state index contributed by atoms with van der Waals surface area (Å²) in [7, 11) is 2.03. The minimum Gasteiger partial charge on any atom is -0.488 e. The molecule has 0 fully saturated rings. The third-order valence-electron chi connectivity index (χ3n) is 3.36. The summed E-state index contributed by atoms with van der Waals surface area (Å²) in [5.74, 6) is 1.07. The zero-order valence-corrected chi connectivity index (χ0v) is 10.2. The number of hydrogen-bond donors (Lipinski definition) is 1. The summed E-state index contributed by atoms with van der Waals surface area (Å²) in [4.78, 5) is 0. The van der Waals surface area contributed by atoms with Crippen molar-refractivity contribution < 1.29 is 4.74 Å². The highest BCUT2D eigenvalue weighted by Crippen LogP contribution is 2.30. The Morgan fingerprint density at radius 2 is 2.25 bits per heavy atom. The van der Waals surface area contributed by atoms with Crippen molar-refractivity contribution in [3.8, 4) is 5.75 Å². The molecular weight excluding hydrogens is 198 g/mol. The second kappa shape index (κ2) is 5.35. The van der Waals surface area contributed by atoms with Crippen molar-refractivity contribution in [1.29, 1.82) is 0 Å². The lowest BCUT2D eigenvalue weighted by Gasteiger charge is -2.22. The molecule has 0 saturated carbocycles. The number of nitrogens with one attached hydrogen (secondary N) is 1. The molecule has 2 nitrogen and oxygen atoms in total. The first-order valence-corrected chi connectivity index (χ1v) is 6.27. The Morgan fingerprint density at radius 3 is 2.94 bits per heavy atom. The normalized spacial score (nSPS) is 20.2. The van der Waals surface area contributed by atoms with Gasteiger partial charge in [0.05, 0.1) is 0 Å². The van der Waals surface area contributed by atoms with Crippen molar-refractivity contribution >= 4 is 0 Å². The van der Waals surface area contributed by atoms with Gasteiger partial charge >= 0.3 is 0 Å². The molecule has 1 heterocycles. The average Bonchev–Trinajstić information content (AvgIpc) is 2.73. The zero-order chi connectivity index (χ0) is 11.4. The highest BCUT2D eigenvalue weighted by molar-refractivity contribution is 5.37. The van der Waals surface area contributed by atoms with E-state index in [0.29, 0.717) is 12.1 Å². The van der Waals surface area contributed by atoms with E-state index in [2.05, 4.69) is 30.4 Å². The third-order valence-corrected chi connectivity index (χ3v) is 3.36. The van der Waals surface area contributed by atoms with Crippen LogP contribution in [-0.2, 0) is 6.42 Å². The van der Waals surface area contributed by atoms with Gasteiger partial charge in [0.15, 0.2) is 0 Å². The van der Waals surface area contributed by atoms with Gasteiger partial charge in [-0.05, 0) is 25.1 Å². The summed E-state index contributed by atoms with van der Waals surface area (Å²) in [6.07, 6.45) is 5.07. The van der Waals surface area contributed by atoms with Crippen LogP contribution in [0.3, 0.4) is 0 Å². The van der Waals surface area contributed by atoms with Crippen molar-refractivity contribution in [3.63, 3.8) is 0 Å². The fourth-order valence-electron chi connectivity index (χ4n) is 2.37. The number of fused-ring (bicyclic) bond motifs is 1. The van der Waals surface area contributed by atoms with Gasteiger partial charge < -0.3 is 10.1 Å². The Balaban J connectivity index is 1.98. The molecule has 0 spiro atoms. The molecule has 1 aliphatic rings. The second-order valence-corrected chi connectivity index (χ2v) is 4.51. The Hall–Kier alpha value is -1.02. The van der Waals surface area contributed by atoms with E-state index in [9.17, 15) is 0 Å². The van der Waals surface area contributed by atoms with Crippen LogP contribution < -0.4 is 10.1 Å². The van der Waals surface area contributed by atoms with Gasteiger partial charge in [-0.15, -0.1) is 0 Å². The number of rotatable bonds is 5. The summed E-state index contributed by atoms with van der Waals surface area (Å²) < 4.78 is 5.99. The summed E-state index contributed by atoms with van der Waals surface area (Å²) in [5, 5.41) is 3.39. The minimum absolute atomic E-state index is 0.314. The number of para-hydroxylation sites is 1. The Labute approximate surface area is 98.0 Å². The molecule has 0 aliphatic carbocycles. The molecule has 0 saturated heterocycles. The van der Waals surface area contributed by atoms with Gasteiger partial charge in [0.1, 0.15) is 11.9 Å². The quantitative estimate of drug-likeness (QED) is 0.822. The summed E-state index contributed by atoms with van der Waals surface area (Å²) >= 11 is 0. The molecule has 16 heavy (non-hydrogen) atoms. The number of ether oxygens (including phenoxy) is 1. The van der Waals surface area contributed by atoms with Crippen LogP contribution >= 0.6 is 0 Å². The molecule has 1 aliphatic heterocycles. The smallest absolute Gasteiger partial charge is 0.123 e. The predicted octanol–water partition coefficient (Wildman–Crippen LogP) is 2.77. The van der Waals surface area contributed by atoms with Crippen molar-refractivity contribution in [2.45, 2.75) is 44.8 Å². The van der Waals surface area contributed by atoms with Crippen LogP contribution in [0, 0.1) is 0 Å². The first-order chi connectivity index (χ1) is 7.85. The summed E-state index contributed by atoms with van der Waals surface area (Å²) in [6.45, 7) is 2.23. The van der Waals surface area contributed by atoms with Crippen LogP contribution in [0.15, 0.2) is 24.3 Å². The molecule has 1 aromatic carbocycles. The lowest BCUT2D eigenvalue weighted by atomic mass is 10.00. The van der Waals surface area contributed by atoms with E-state index in [1.165, 1.54) is 24.8 Å². The first kappa shape index (κ1) is 11.5. The van der Waals surface area contributed by atoms with Gasteiger partial charge in [-0.3, -0.25) is 0 Å². The third kappa shape index (κ3) is 2.38. The van der Waals surface area contributed by atoms with Gasteiger partial charge in [0.2, 0.25) is 0 Å². The van der Waals surface area contributed by atoms with Crippen LogP contribution in [0.1, 0.15) is 31.7 Å². The molecular formula is C14H21NO. The van der Waals surface area contributed by atoms with Crippen LogP contribution in [0.5, 0.6) is 5.75 Å². The first-order valence-electron chi connectivity index (χ1n) is 6.27. The molecule has 88 valence electrons. The molecule has 2 rings (SSSR count).